The molecular formula is C51H34N4S. The third-order valence-electron chi connectivity index (χ3n) is 10.9. The van der Waals surface area contributed by atoms with Crippen molar-refractivity contribution in [2.75, 3.05) is 0 Å². The number of para-hydroxylation sites is 1. The fourth-order valence-electron chi connectivity index (χ4n) is 8.22. The third kappa shape index (κ3) is 5.44. The van der Waals surface area contributed by atoms with Gasteiger partial charge in [-0.25, -0.2) is 9.98 Å². The Balaban J connectivity index is 1.13. The van der Waals surface area contributed by atoms with Gasteiger partial charge in [0.15, 0.2) is 5.84 Å². The van der Waals surface area contributed by atoms with Crippen molar-refractivity contribution in [3.05, 3.63) is 211 Å². The monoisotopic (exact) mass is 734 g/mol. The average Bonchev–Trinajstić information content (AvgIpc) is 3.82. The maximum absolute atomic E-state index is 5.37. The van der Waals surface area contributed by atoms with Gasteiger partial charge in [-0.1, -0.05) is 152 Å². The number of aliphatic imine (C=N–C) groups is 2. The van der Waals surface area contributed by atoms with Gasteiger partial charge in [-0.2, -0.15) is 0 Å². The minimum atomic E-state index is -0.334. The number of nitrogens with zero attached hydrogens (tertiary/aromatic N) is 3. The summed E-state index contributed by atoms with van der Waals surface area (Å²) in [5.41, 5.74) is 11.1. The van der Waals surface area contributed by atoms with Crippen molar-refractivity contribution in [1.29, 1.82) is 0 Å². The lowest BCUT2D eigenvalue weighted by Crippen LogP contribution is -2.33. The summed E-state index contributed by atoms with van der Waals surface area (Å²) in [5, 5.41) is 8.75. The quantitative estimate of drug-likeness (QED) is 0.182. The Morgan fingerprint density at radius 2 is 1.07 bits per heavy atom. The summed E-state index contributed by atoms with van der Waals surface area (Å²) in [4.78, 5) is 10.6. The van der Waals surface area contributed by atoms with Crippen molar-refractivity contribution < 1.29 is 0 Å². The number of hydrogen-bond donors (Lipinski definition) is 1. The molecule has 1 aliphatic rings. The van der Waals surface area contributed by atoms with Crippen LogP contribution in [0, 0.1) is 0 Å². The molecule has 1 unspecified atom stereocenters. The highest BCUT2D eigenvalue weighted by atomic mass is 32.1. The molecule has 0 fully saturated rings. The van der Waals surface area contributed by atoms with Crippen molar-refractivity contribution in [2.45, 2.75) is 6.17 Å². The first kappa shape index (κ1) is 32.4. The number of nitrogens with one attached hydrogen (secondary N) is 1. The number of amidine groups is 2. The van der Waals surface area contributed by atoms with E-state index in [9.17, 15) is 0 Å². The predicted octanol–water partition coefficient (Wildman–Crippen LogP) is 13.0. The van der Waals surface area contributed by atoms with Gasteiger partial charge in [0, 0.05) is 42.1 Å². The van der Waals surface area contributed by atoms with Crippen LogP contribution in [0.3, 0.4) is 0 Å². The largest absolute Gasteiger partial charge is 0.344 e. The van der Waals surface area contributed by atoms with Gasteiger partial charge < -0.3 is 9.88 Å². The van der Waals surface area contributed by atoms with E-state index in [2.05, 4.69) is 192 Å². The molecule has 0 spiro atoms. The Morgan fingerprint density at radius 1 is 0.464 bits per heavy atom. The first-order valence-corrected chi connectivity index (χ1v) is 19.8. The first-order chi connectivity index (χ1) is 27.8. The SMILES string of the molecule is c1ccc(C2=NC(c3ccccc3-n3c4ccc(-c5ccccc5)cc4c4c5c(ccc43)sc3ccccc35)=NC(c3ccc(-c4ccccc4)cc3)N2)cc1. The van der Waals surface area contributed by atoms with E-state index in [4.69, 9.17) is 9.98 Å². The minimum absolute atomic E-state index is 0.334. The molecule has 3 heterocycles. The van der Waals surface area contributed by atoms with E-state index in [0.717, 1.165) is 39.2 Å². The molecule has 4 nitrogen and oxygen atoms in total. The number of benzene rings is 8. The molecule has 264 valence electrons. The highest BCUT2D eigenvalue weighted by molar-refractivity contribution is 7.26. The molecule has 11 rings (SSSR count). The van der Waals surface area contributed by atoms with Gasteiger partial charge in [-0.3, -0.25) is 0 Å². The lowest BCUT2D eigenvalue weighted by atomic mass is 10.0. The molecule has 0 aliphatic carbocycles. The lowest BCUT2D eigenvalue weighted by Gasteiger charge is -2.25. The highest BCUT2D eigenvalue weighted by Gasteiger charge is 2.25. The number of hydrogen-bond acceptors (Lipinski definition) is 4. The maximum Gasteiger partial charge on any atom is 0.161 e. The van der Waals surface area contributed by atoms with Crippen LogP contribution in [0.15, 0.2) is 204 Å². The van der Waals surface area contributed by atoms with E-state index in [1.54, 1.807) is 0 Å². The lowest BCUT2D eigenvalue weighted by molar-refractivity contribution is 0.674. The first-order valence-electron chi connectivity index (χ1n) is 18.9. The van der Waals surface area contributed by atoms with Gasteiger partial charge in [0.1, 0.15) is 12.0 Å². The van der Waals surface area contributed by atoms with Crippen molar-refractivity contribution >= 4 is 65.0 Å². The van der Waals surface area contributed by atoms with E-state index < -0.39 is 0 Å². The average molecular weight is 735 g/mol. The van der Waals surface area contributed by atoms with Crippen LogP contribution in [0.1, 0.15) is 22.9 Å². The number of aromatic nitrogens is 1. The second-order valence-electron chi connectivity index (χ2n) is 14.2. The zero-order chi connectivity index (χ0) is 37.0. The van der Waals surface area contributed by atoms with Crippen molar-refractivity contribution in [3.63, 3.8) is 0 Å². The molecule has 10 aromatic rings. The van der Waals surface area contributed by atoms with Crippen LogP contribution < -0.4 is 5.32 Å². The molecule has 0 saturated carbocycles. The highest BCUT2D eigenvalue weighted by Crippen LogP contribution is 2.44. The Morgan fingerprint density at radius 3 is 1.84 bits per heavy atom. The van der Waals surface area contributed by atoms with Crippen LogP contribution in [-0.2, 0) is 0 Å². The van der Waals surface area contributed by atoms with Crippen LogP contribution in [0.5, 0.6) is 0 Å². The normalized spacial score (nSPS) is 14.2. The molecule has 0 bridgehead atoms. The number of thiophene rings is 1. The minimum Gasteiger partial charge on any atom is -0.344 e. The standard InChI is InChI=1S/C51H34N4S/c1-4-14-33(15-5-1)35-24-26-37(27-25-35)50-52-49(36-18-8-3-9-19-36)53-51(54-50)39-20-10-12-22-42(39)55-43-29-28-38(34-16-6-2-7-17-34)32-41(43)47-44(55)30-31-46-48(47)40-21-11-13-23-45(40)56-46/h1-32,50H,(H,52,53,54). The molecule has 0 radical (unpaired) electrons. The summed E-state index contributed by atoms with van der Waals surface area (Å²) in [6.07, 6.45) is -0.334. The van der Waals surface area contributed by atoms with Gasteiger partial charge >= 0.3 is 0 Å². The second kappa shape index (κ2) is 13.3. The topological polar surface area (TPSA) is 41.7 Å². The summed E-state index contributed by atoms with van der Waals surface area (Å²) < 4.78 is 5.01. The van der Waals surface area contributed by atoms with Crippen LogP contribution in [0.25, 0.3) is 69.9 Å². The predicted molar refractivity (Wildman–Crippen MR) is 236 cm³/mol. The molecular weight excluding hydrogens is 701 g/mol. The Bertz CT molecular complexity index is 3140. The van der Waals surface area contributed by atoms with Gasteiger partial charge in [0.05, 0.1) is 16.7 Å². The smallest absolute Gasteiger partial charge is 0.161 e. The van der Waals surface area contributed by atoms with Crippen LogP contribution in [0.2, 0.25) is 0 Å². The van der Waals surface area contributed by atoms with Crippen LogP contribution in [-0.4, -0.2) is 16.2 Å². The van der Waals surface area contributed by atoms with E-state index >= 15 is 0 Å². The molecule has 5 heteroatoms. The molecule has 1 N–H and O–H groups in total. The Labute approximate surface area is 328 Å². The molecule has 8 aromatic carbocycles. The van der Waals surface area contributed by atoms with Crippen LogP contribution in [0.4, 0.5) is 0 Å². The van der Waals surface area contributed by atoms with Gasteiger partial charge in [0.2, 0.25) is 0 Å². The fourth-order valence-corrected chi connectivity index (χ4v) is 9.34. The van der Waals surface area contributed by atoms with Gasteiger partial charge in [0.25, 0.3) is 0 Å². The van der Waals surface area contributed by atoms with Crippen molar-refractivity contribution in [1.82, 2.24) is 9.88 Å². The van der Waals surface area contributed by atoms with E-state index in [1.165, 1.54) is 53.2 Å². The van der Waals surface area contributed by atoms with Crippen molar-refractivity contribution in [2.24, 2.45) is 9.98 Å². The molecule has 56 heavy (non-hydrogen) atoms. The molecule has 2 aromatic heterocycles. The fraction of sp³-hybridized carbons (Fsp3) is 0.0196. The van der Waals surface area contributed by atoms with E-state index in [0.29, 0.717) is 5.84 Å². The van der Waals surface area contributed by atoms with E-state index in [-0.39, 0.29) is 6.17 Å². The summed E-state index contributed by atoms with van der Waals surface area (Å²) in [5.74, 6) is 1.48. The summed E-state index contributed by atoms with van der Waals surface area (Å²) in [6, 6.07) is 69.1. The van der Waals surface area contributed by atoms with E-state index in [1.807, 2.05) is 23.5 Å². The maximum atomic E-state index is 5.37. The Hall–Kier alpha value is -7.08. The Kier molecular flexibility index (Phi) is 7.71. The third-order valence-corrected chi connectivity index (χ3v) is 12.0. The summed E-state index contributed by atoms with van der Waals surface area (Å²) >= 11 is 1.86. The number of fused-ring (bicyclic) bond motifs is 7. The summed E-state index contributed by atoms with van der Waals surface area (Å²) in [6.45, 7) is 0. The summed E-state index contributed by atoms with van der Waals surface area (Å²) in [7, 11) is 0. The molecule has 1 atom stereocenters. The zero-order valence-electron chi connectivity index (χ0n) is 30.3. The molecule has 1 aliphatic heterocycles. The second-order valence-corrected chi connectivity index (χ2v) is 15.3. The van der Waals surface area contributed by atoms with Crippen LogP contribution >= 0.6 is 11.3 Å². The van der Waals surface area contributed by atoms with Gasteiger partial charge in [-0.15, -0.1) is 11.3 Å². The van der Waals surface area contributed by atoms with Crippen molar-refractivity contribution in [3.8, 4) is 27.9 Å². The van der Waals surface area contributed by atoms with Gasteiger partial charge in [-0.05, 0) is 70.3 Å². The number of rotatable bonds is 6. The molecule has 0 saturated heterocycles. The zero-order valence-corrected chi connectivity index (χ0v) is 31.1. The molecule has 0 amide bonds.